The summed E-state index contributed by atoms with van der Waals surface area (Å²) >= 11 is 7.65. The van der Waals surface area contributed by atoms with Crippen LogP contribution in [-0.4, -0.2) is 17.5 Å². The second-order valence-electron chi connectivity index (χ2n) is 7.92. The molecular formula is C24H27ClN2O2S. The third-order valence-corrected chi connectivity index (χ3v) is 6.30. The number of carbonyl (C=O) groups is 1. The van der Waals surface area contributed by atoms with Gasteiger partial charge in [0.15, 0.2) is 11.7 Å². The molecule has 1 heterocycles. The molecule has 0 bridgehead atoms. The Labute approximate surface area is 187 Å². The first-order valence-corrected chi connectivity index (χ1v) is 11.2. The standard InChI is InChI=1S/C24H27ClN2O2S/c1-13(2)18-10-20(25)17(6)9-22(18)29-11-23(28)27-24-26-21(12-30-24)19-8-15(4)14(3)7-16(19)5/h7-10,12-13H,11H2,1-6H3,(H,26,27,28). The van der Waals surface area contributed by atoms with Gasteiger partial charge in [-0.1, -0.05) is 31.5 Å². The van der Waals surface area contributed by atoms with Crippen LogP contribution in [-0.2, 0) is 4.79 Å². The van der Waals surface area contributed by atoms with Gasteiger partial charge in [-0.3, -0.25) is 10.1 Å². The van der Waals surface area contributed by atoms with Crippen LogP contribution in [0.1, 0.15) is 47.6 Å². The Hall–Kier alpha value is -2.37. The molecule has 0 radical (unpaired) electrons. The minimum Gasteiger partial charge on any atom is -0.483 e. The zero-order chi connectivity index (χ0) is 22.0. The summed E-state index contributed by atoms with van der Waals surface area (Å²) in [6, 6.07) is 8.10. The fraction of sp³-hybridized carbons (Fsp3) is 0.333. The molecule has 1 aromatic heterocycles. The third kappa shape index (κ3) is 5.02. The number of anilines is 1. The highest BCUT2D eigenvalue weighted by molar-refractivity contribution is 7.14. The zero-order valence-corrected chi connectivity index (χ0v) is 19.8. The molecule has 4 nitrogen and oxygen atoms in total. The Morgan fingerprint density at radius 2 is 1.77 bits per heavy atom. The van der Waals surface area contributed by atoms with Crippen molar-refractivity contribution in [3.63, 3.8) is 0 Å². The Balaban J connectivity index is 1.69. The number of benzene rings is 2. The quantitative estimate of drug-likeness (QED) is 0.454. The van der Waals surface area contributed by atoms with E-state index in [4.69, 9.17) is 16.3 Å². The number of thiazole rings is 1. The van der Waals surface area contributed by atoms with E-state index in [1.807, 2.05) is 24.4 Å². The van der Waals surface area contributed by atoms with Gasteiger partial charge in [0, 0.05) is 16.0 Å². The van der Waals surface area contributed by atoms with Gasteiger partial charge in [0.05, 0.1) is 5.69 Å². The summed E-state index contributed by atoms with van der Waals surface area (Å²) in [6.07, 6.45) is 0. The largest absolute Gasteiger partial charge is 0.483 e. The lowest BCUT2D eigenvalue weighted by Crippen LogP contribution is -2.20. The van der Waals surface area contributed by atoms with Crippen LogP contribution in [0.5, 0.6) is 5.75 Å². The summed E-state index contributed by atoms with van der Waals surface area (Å²) in [4.78, 5) is 17.0. The molecule has 2 aromatic carbocycles. The average molecular weight is 443 g/mol. The molecule has 0 saturated carbocycles. The van der Waals surface area contributed by atoms with Crippen LogP contribution in [0.15, 0.2) is 29.6 Å². The minimum atomic E-state index is -0.241. The molecule has 0 aliphatic heterocycles. The van der Waals surface area contributed by atoms with Gasteiger partial charge in [-0.05, 0) is 79.6 Å². The van der Waals surface area contributed by atoms with Crippen molar-refractivity contribution >= 4 is 34.0 Å². The second kappa shape index (κ2) is 9.19. The summed E-state index contributed by atoms with van der Waals surface area (Å²) < 4.78 is 5.81. The normalized spacial score (nSPS) is 11.1. The Kier molecular flexibility index (Phi) is 6.84. The molecule has 0 spiro atoms. The van der Waals surface area contributed by atoms with Crippen LogP contribution < -0.4 is 10.1 Å². The highest BCUT2D eigenvalue weighted by atomic mass is 35.5. The number of nitrogens with one attached hydrogen (secondary N) is 1. The molecule has 0 saturated heterocycles. The lowest BCUT2D eigenvalue weighted by atomic mass is 9.99. The van der Waals surface area contributed by atoms with Crippen LogP contribution in [0.2, 0.25) is 5.02 Å². The summed E-state index contributed by atoms with van der Waals surface area (Å²) in [5, 5.41) is 6.07. The highest BCUT2D eigenvalue weighted by Crippen LogP contribution is 2.32. The Morgan fingerprint density at radius 1 is 1.07 bits per heavy atom. The van der Waals surface area contributed by atoms with E-state index in [0.29, 0.717) is 15.9 Å². The average Bonchev–Trinajstić information content (AvgIpc) is 3.13. The Bertz CT molecular complexity index is 1090. The smallest absolute Gasteiger partial charge is 0.264 e. The number of hydrogen-bond acceptors (Lipinski definition) is 4. The van der Waals surface area contributed by atoms with Gasteiger partial charge in [-0.2, -0.15) is 0 Å². The van der Waals surface area contributed by atoms with E-state index in [1.54, 1.807) is 0 Å². The molecule has 0 aliphatic carbocycles. The maximum atomic E-state index is 12.4. The molecule has 0 fully saturated rings. The van der Waals surface area contributed by atoms with Gasteiger partial charge >= 0.3 is 0 Å². The number of hydrogen-bond donors (Lipinski definition) is 1. The first-order chi connectivity index (χ1) is 14.2. The predicted molar refractivity (Wildman–Crippen MR) is 126 cm³/mol. The van der Waals surface area contributed by atoms with E-state index in [9.17, 15) is 4.79 Å². The molecule has 1 N–H and O–H groups in total. The van der Waals surface area contributed by atoms with Gasteiger partial charge in [0.1, 0.15) is 5.75 Å². The fourth-order valence-corrected chi connectivity index (χ4v) is 4.14. The lowest BCUT2D eigenvalue weighted by Gasteiger charge is -2.15. The molecule has 3 aromatic rings. The number of halogens is 1. The molecule has 1 amide bonds. The zero-order valence-electron chi connectivity index (χ0n) is 18.2. The van der Waals surface area contributed by atoms with E-state index in [1.165, 1.54) is 28.0 Å². The first-order valence-electron chi connectivity index (χ1n) is 9.92. The molecule has 0 unspecified atom stereocenters. The number of nitrogens with zero attached hydrogens (tertiary/aromatic N) is 1. The van der Waals surface area contributed by atoms with E-state index in [-0.39, 0.29) is 18.4 Å². The fourth-order valence-electron chi connectivity index (χ4n) is 3.24. The topological polar surface area (TPSA) is 51.2 Å². The van der Waals surface area contributed by atoms with Crippen molar-refractivity contribution in [2.45, 2.75) is 47.5 Å². The monoisotopic (exact) mass is 442 g/mol. The predicted octanol–water partition coefficient (Wildman–Crippen LogP) is 6.84. The maximum Gasteiger partial charge on any atom is 0.264 e. The summed E-state index contributed by atoms with van der Waals surface area (Å²) in [7, 11) is 0. The molecule has 30 heavy (non-hydrogen) atoms. The second-order valence-corrected chi connectivity index (χ2v) is 9.19. The van der Waals surface area contributed by atoms with Gasteiger partial charge in [0.25, 0.3) is 5.91 Å². The van der Waals surface area contributed by atoms with Crippen molar-refractivity contribution in [1.82, 2.24) is 4.98 Å². The van der Waals surface area contributed by atoms with Crippen molar-refractivity contribution in [1.29, 1.82) is 0 Å². The summed E-state index contributed by atoms with van der Waals surface area (Å²) in [5.41, 5.74) is 7.52. The SMILES string of the molecule is Cc1cc(C)c(-c2csc(NC(=O)COc3cc(C)c(Cl)cc3C(C)C)n2)cc1C. The molecule has 158 valence electrons. The number of amides is 1. The van der Waals surface area contributed by atoms with Gasteiger partial charge in [-0.15, -0.1) is 11.3 Å². The van der Waals surface area contributed by atoms with Crippen LogP contribution >= 0.6 is 22.9 Å². The van der Waals surface area contributed by atoms with Crippen molar-refractivity contribution in [2.75, 3.05) is 11.9 Å². The Morgan fingerprint density at radius 3 is 2.47 bits per heavy atom. The number of carbonyl (C=O) groups excluding carboxylic acids is 1. The van der Waals surface area contributed by atoms with E-state index in [2.05, 4.69) is 57.1 Å². The molecule has 6 heteroatoms. The molecule has 3 rings (SSSR count). The number of aromatic nitrogens is 1. The highest BCUT2D eigenvalue weighted by Gasteiger charge is 2.14. The van der Waals surface area contributed by atoms with Gasteiger partial charge in [-0.25, -0.2) is 4.98 Å². The maximum absolute atomic E-state index is 12.4. The molecular weight excluding hydrogens is 416 g/mol. The number of ether oxygens (including phenoxy) is 1. The van der Waals surface area contributed by atoms with Crippen LogP contribution in [0.4, 0.5) is 5.13 Å². The summed E-state index contributed by atoms with van der Waals surface area (Å²) in [5.74, 6) is 0.687. The van der Waals surface area contributed by atoms with Crippen LogP contribution in [0.3, 0.4) is 0 Å². The van der Waals surface area contributed by atoms with Crippen LogP contribution in [0.25, 0.3) is 11.3 Å². The summed E-state index contributed by atoms with van der Waals surface area (Å²) in [6.45, 7) is 12.2. The van der Waals surface area contributed by atoms with E-state index >= 15 is 0 Å². The van der Waals surface area contributed by atoms with E-state index < -0.39 is 0 Å². The lowest BCUT2D eigenvalue weighted by molar-refractivity contribution is -0.118. The van der Waals surface area contributed by atoms with Gasteiger partial charge < -0.3 is 4.74 Å². The molecule has 0 aliphatic rings. The van der Waals surface area contributed by atoms with Crippen LogP contribution in [0, 0.1) is 27.7 Å². The van der Waals surface area contributed by atoms with Gasteiger partial charge in [0.2, 0.25) is 0 Å². The van der Waals surface area contributed by atoms with E-state index in [0.717, 1.165) is 22.4 Å². The first kappa shape index (κ1) is 22.3. The van der Waals surface area contributed by atoms with Crippen molar-refractivity contribution in [2.24, 2.45) is 0 Å². The number of aryl methyl sites for hydroxylation is 4. The number of rotatable bonds is 6. The third-order valence-electron chi connectivity index (χ3n) is 5.14. The van der Waals surface area contributed by atoms with Crippen molar-refractivity contribution in [3.05, 3.63) is 62.5 Å². The minimum absolute atomic E-state index is 0.0849. The molecule has 0 atom stereocenters. The van der Waals surface area contributed by atoms with Crippen molar-refractivity contribution in [3.8, 4) is 17.0 Å². The van der Waals surface area contributed by atoms with Crippen molar-refractivity contribution < 1.29 is 9.53 Å².